The standard InChI is InChI=1S/C11H24O3Si.C2H5O2/c1-5-8-11(12-2)9-6-7-10-15(11,13-3)14-4;1-4-2-3/h5-10H2,1-4H3;2H2,1H3. The van der Waals surface area contributed by atoms with Gasteiger partial charge in [0.1, 0.15) is 5.22 Å². The molecule has 0 N–H and O–H groups in total. The number of methoxy groups -OCH3 is 2. The van der Waals surface area contributed by atoms with E-state index < -0.39 is 15.4 Å². The van der Waals surface area contributed by atoms with Crippen LogP contribution in [0.3, 0.4) is 0 Å². The minimum absolute atomic E-state index is 0.122. The van der Waals surface area contributed by atoms with Gasteiger partial charge in [-0.1, -0.05) is 26.2 Å². The molecule has 1 aliphatic heterocycles. The highest BCUT2D eigenvalue weighted by Crippen LogP contribution is 2.42. The largest absolute Gasteiger partial charge is 0.396 e. The molecule has 19 heavy (non-hydrogen) atoms. The average molecular weight is 293 g/mol. The van der Waals surface area contributed by atoms with Crippen molar-refractivity contribution < 1.29 is 23.4 Å². The van der Waals surface area contributed by atoms with Crippen LogP contribution in [-0.2, 0) is 23.4 Å². The summed E-state index contributed by atoms with van der Waals surface area (Å²) in [7, 11) is 4.59. The Bertz CT molecular complexity index is 217. The van der Waals surface area contributed by atoms with Crippen LogP contribution in [0, 0.1) is 0 Å². The second-order valence-corrected chi connectivity index (χ2v) is 8.46. The van der Waals surface area contributed by atoms with E-state index in [4.69, 9.17) is 18.7 Å². The Morgan fingerprint density at radius 2 is 1.68 bits per heavy atom. The maximum Gasteiger partial charge on any atom is 0.370 e. The van der Waals surface area contributed by atoms with Crippen molar-refractivity contribution in [2.45, 2.75) is 50.3 Å². The molecule has 0 spiro atoms. The molecule has 1 aliphatic rings. The highest BCUT2D eigenvalue weighted by molar-refractivity contribution is 6.70. The molecule has 0 bridgehead atoms. The van der Waals surface area contributed by atoms with Crippen molar-refractivity contribution in [2.75, 3.05) is 35.2 Å². The molecule has 0 aromatic rings. The van der Waals surface area contributed by atoms with E-state index in [9.17, 15) is 0 Å². The van der Waals surface area contributed by atoms with Gasteiger partial charge in [-0.3, -0.25) is 0 Å². The molecule has 0 aliphatic carbocycles. The van der Waals surface area contributed by atoms with Gasteiger partial charge in [-0.15, -0.1) is 0 Å². The lowest BCUT2D eigenvalue weighted by molar-refractivity contribution is -0.0165. The van der Waals surface area contributed by atoms with Crippen LogP contribution in [0.2, 0.25) is 6.04 Å². The van der Waals surface area contributed by atoms with Gasteiger partial charge in [0.05, 0.1) is 0 Å². The second kappa shape index (κ2) is 9.85. The predicted octanol–water partition coefficient (Wildman–Crippen LogP) is 2.65. The summed E-state index contributed by atoms with van der Waals surface area (Å²) in [5.74, 6) is 0. The Morgan fingerprint density at radius 3 is 2.05 bits per heavy atom. The third-order valence-corrected chi connectivity index (χ3v) is 8.28. The van der Waals surface area contributed by atoms with Crippen LogP contribution >= 0.6 is 0 Å². The van der Waals surface area contributed by atoms with Crippen molar-refractivity contribution in [3.8, 4) is 0 Å². The van der Waals surface area contributed by atoms with E-state index in [2.05, 4.69) is 11.7 Å². The molecule has 6 heteroatoms. The molecular weight excluding hydrogens is 264 g/mol. The topological polar surface area (TPSA) is 56.8 Å². The smallest absolute Gasteiger partial charge is 0.370 e. The first-order chi connectivity index (χ1) is 9.11. The van der Waals surface area contributed by atoms with Crippen molar-refractivity contribution in [3.63, 3.8) is 0 Å². The summed E-state index contributed by atoms with van der Waals surface area (Å²) in [6.07, 6.45) is 5.70. The Labute approximate surface area is 118 Å². The van der Waals surface area contributed by atoms with Gasteiger partial charge in [0.25, 0.3) is 0 Å². The first-order valence-corrected chi connectivity index (χ1v) is 8.86. The van der Waals surface area contributed by atoms with Crippen LogP contribution in [0.1, 0.15) is 39.0 Å². The van der Waals surface area contributed by atoms with Gasteiger partial charge in [0.2, 0.25) is 0 Å². The van der Waals surface area contributed by atoms with E-state index in [-0.39, 0.29) is 5.22 Å². The van der Waals surface area contributed by atoms with Crippen LogP contribution in [0.15, 0.2) is 0 Å². The third-order valence-electron chi connectivity index (χ3n) is 3.85. The fraction of sp³-hybridized carbons (Fsp3) is 1.00. The van der Waals surface area contributed by atoms with E-state index in [1.165, 1.54) is 20.0 Å². The maximum atomic E-state index is 9.08. The molecule has 1 unspecified atom stereocenters. The lowest BCUT2D eigenvalue weighted by atomic mass is 10.1. The summed E-state index contributed by atoms with van der Waals surface area (Å²) in [5, 5.41) is 8.95. The molecule has 1 fully saturated rings. The van der Waals surface area contributed by atoms with E-state index in [0.717, 1.165) is 25.3 Å². The van der Waals surface area contributed by atoms with Crippen LogP contribution in [0.25, 0.3) is 0 Å². The zero-order chi connectivity index (χ0) is 14.8. The first-order valence-electron chi connectivity index (χ1n) is 6.84. The van der Waals surface area contributed by atoms with Gasteiger partial charge in [-0.25, -0.2) is 5.11 Å². The van der Waals surface area contributed by atoms with Crippen LogP contribution in [0.5, 0.6) is 0 Å². The normalized spacial score (nSPS) is 25.6. The Morgan fingerprint density at radius 1 is 1.11 bits per heavy atom. The molecule has 1 saturated heterocycles. The number of rotatable bonds is 6. The monoisotopic (exact) mass is 293 g/mol. The number of hydrogen-bond donors (Lipinski definition) is 0. The minimum Gasteiger partial charge on any atom is -0.396 e. The Hall–Kier alpha value is 0.0169. The van der Waals surface area contributed by atoms with Crippen molar-refractivity contribution in [1.29, 1.82) is 0 Å². The summed E-state index contributed by atoms with van der Waals surface area (Å²) in [6, 6.07) is 1.06. The van der Waals surface area contributed by atoms with Crippen molar-refractivity contribution in [2.24, 2.45) is 0 Å². The Kier molecular flexibility index (Phi) is 9.86. The van der Waals surface area contributed by atoms with Crippen LogP contribution in [-0.4, -0.2) is 49.0 Å². The quantitative estimate of drug-likeness (QED) is 0.558. The van der Waals surface area contributed by atoms with E-state index in [1.54, 1.807) is 21.3 Å². The van der Waals surface area contributed by atoms with E-state index in [0.29, 0.717) is 0 Å². The molecule has 5 nitrogen and oxygen atoms in total. The lowest BCUT2D eigenvalue weighted by Crippen LogP contribution is -2.64. The zero-order valence-electron chi connectivity index (χ0n) is 13.0. The van der Waals surface area contributed by atoms with Crippen LogP contribution in [0.4, 0.5) is 0 Å². The van der Waals surface area contributed by atoms with Gasteiger partial charge in [0.15, 0.2) is 6.79 Å². The molecule has 0 saturated carbocycles. The summed E-state index contributed by atoms with van der Waals surface area (Å²) < 4.78 is 21.4. The molecule has 115 valence electrons. The summed E-state index contributed by atoms with van der Waals surface area (Å²) >= 11 is 0. The minimum atomic E-state index is -2.15. The van der Waals surface area contributed by atoms with Crippen molar-refractivity contribution in [1.82, 2.24) is 0 Å². The molecule has 0 aromatic carbocycles. The zero-order valence-corrected chi connectivity index (χ0v) is 14.0. The van der Waals surface area contributed by atoms with Crippen LogP contribution < -0.4 is 0 Å². The summed E-state index contributed by atoms with van der Waals surface area (Å²) in [6.45, 7) is 1.76. The number of ether oxygens (including phenoxy) is 2. The average Bonchev–Trinajstić information content (AvgIpc) is 2.48. The molecule has 0 aromatic heterocycles. The van der Waals surface area contributed by atoms with Gasteiger partial charge in [-0.2, -0.15) is 0 Å². The highest BCUT2D eigenvalue weighted by Gasteiger charge is 2.58. The molecule has 1 atom stereocenters. The molecular formula is C13H29O5Si. The first kappa shape index (κ1) is 19.0. The van der Waals surface area contributed by atoms with Gasteiger partial charge in [-0.05, 0) is 18.9 Å². The summed E-state index contributed by atoms with van der Waals surface area (Å²) in [4.78, 5) is 0. The highest BCUT2D eigenvalue weighted by atomic mass is 28.4. The van der Waals surface area contributed by atoms with Gasteiger partial charge in [0, 0.05) is 28.4 Å². The fourth-order valence-electron chi connectivity index (χ4n) is 2.92. The maximum absolute atomic E-state index is 9.08. The van der Waals surface area contributed by atoms with Crippen molar-refractivity contribution >= 4 is 8.56 Å². The molecule has 1 radical (unpaired) electrons. The molecule has 0 amide bonds. The van der Waals surface area contributed by atoms with Gasteiger partial charge < -0.3 is 18.3 Å². The summed E-state index contributed by atoms with van der Waals surface area (Å²) in [5.41, 5.74) is 0. The fourth-order valence-corrected chi connectivity index (χ4v) is 6.91. The Balaban J connectivity index is 0.000000711. The predicted molar refractivity (Wildman–Crippen MR) is 75.6 cm³/mol. The van der Waals surface area contributed by atoms with E-state index in [1.807, 2.05) is 0 Å². The second-order valence-electron chi connectivity index (χ2n) is 4.72. The lowest BCUT2D eigenvalue weighted by Gasteiger charge is -2.47. The van der Waals surface area contributed by atoms with Gasteiger partial charge >= 0.3 is 8.56 Å². The molecule has 1 heterocycles. The molecule has 1 rings (SSSR count). The van der Waals surface area contributed by atoms with Crippen molar-refractivity contribution in [3.05, 3.63) is 0 Å². The SMILES string of the molecule is CCCC1(OC)CCCC[Si]1(OC)OC.COC[O]. The van der Waals surface area contributed by atoms with E-state index >= 15 is 0 Å². The third kappa shape index (κ3) is 4.51. The number of hydrogen-bond acceptors (Lipinski definition) is 4.